The lowest BCUT2D eigenvalue weighted by atomic mass is 9.79. The highest BCUT2D eigenvalue weighted by Crippen LogP contribution is 2.31. The molecule has 1 aliphatic rings. The van der Waals surface area contributed by atoms with Gasteiger partial charge in [0.25, 0.3) is 0 Å². The van der Waals surface area contributed by atoms with Gasteiger partial charge in [-0.1, -0.05) is 11.6 Å². The van der Waals surface area contributed by atoms with Gasteiger partial charge >= 0.3 is 0 Å². The predicted molar refractivity (Wildman–Crippen MR) is 54.3 cm³/mol. The summed E-state index contributed by atoms with van der Waals surface area (Å²) in [7, 11) is 0. The second-order valence-electron chi connectivity index (χ2n) is 5.19. The highest BCUT2D eigenvalue weighted by Gasteiger charge is 2.33. The van der Waals surface area contributed by atoms with Crippen LogP contribution in [0.4, 0.5) is 0 Å². The molecule has 1 rings (SSSR count). The molecule has 0 amide bonds. The summed E-state index contributed by atoms with van der Waals surface area (Å²) < 4.78 is 0. The molecule has 0 aromatic heterocycles. The summed E-state index contributed by atoms with van der Waals surface area (Å²) in [6.07, 6.45) is 4.64. The van der Waals surface area contributed by atoms with Crippen LogP contribution in [0.15, 0.2) is 11.6 Å². The normalized spacial score (nSPS) is 26.9. The van der Waals surface area contributed by atoms with Crippen molar-refractivity contribution in [1.82, 2.24) is 5.32 Å². The lowest BCUT2D eigenvalue weighted by Gasteiger charge is -2.44. The van der Waals surface area contributed by atoms with E-state index in [4.69, 9.17) is 0 Å². The molecule has 0 aromatic rings. The van der Waals surface area contributed by atoms with E-state index in [1.54, 1.807) is 5.57 Å². The van der Waals surface area contributed by atoms with Gasteiger partial charge in [-0.2, -0.15) is 0 Å². The number of piperidine rings is 1. The van der Waals surface area contributed by atoms with Crippen molar-refractivity contribution in [3.05, 3.63) is 11.6 Å². The summed E-state index contributed by atoms with van der Waals surface area (Å²) in [4.78, 5) is 0. The molecule has 0 radical (unpaired) electrons. The van der Waals surface area contributed by atoms with E-state index >= 15 is 0 Å². The Morgan fingerprint density at radius 1 is 1.08 bits per heavy atom. The van der Waals surface area contributed by atoms with Gasteiger partial charge in [-0.15, -0.1) is 0 Å². The van der Waals surface area contributed by atoms with Gasteiger partial charge in [0.15, 0.2) is 0 Å². The van der Waals surface area contributed by atoms with Crippen molar-refractivity contribution in [3.8, 4) is 0 Å². The van der Waals surface area contributed by atoms with Crippen molar-refractivity contribution in [2.24, 2.45) is 0 Å². The van der Waals surface area contributed by atoms with Crippen LogP contribution in [-0.2, 0) is 0 Å². The minimum Gasteiger partial charge on any atom is -0.306 e. The third kappa shape index (κ3) is 2.34. The fraction of sp³-hybridized carbons (Fsp3) is 0.818. The molecule has 0 aliphatic carbocycles. The van der Waals surface area contributed by atoms with Crippen LogP contribution in [0.5, 0.6) is 0 Å². The zero-order valence-corrected chi connectivity index (χ0v) is 8.99. The van der Waals surface area contributed by atoms with Gasteiger partial charge in [-0.3, -0.25) is 0 Å². The minimum absolute atomic E-state index is 0.267. The lowest BCUT2D eigenvalue weighted by molar-refractivity contribution is 0.223. The SMILES string of the molecule is CC=C1CC(C)(C)NC(C)(C)C1. The number of rotatable bonds is 0. The summed E-state index contributed by atoms with van der Waals surface area (Å²) in [6.45, 7) is 11.2. The number of hydrogen-bond donors (Lipinski definition) is 1. The van der Waals surface area contributed by atoms with Crippen LogP contribution in [0.3, 0.4) is 0 Å². The van der Waals surface area contributed by atoms with Crippen LogP contribution >= 0.6 is 0 Å². The average molecular weight is 167 g/mol. The van der Waals surface area contributed by atoms with Crippen molar-refractivity contribution < 1.29 is 0 Å². The molecule has 12 heavy (non-hydrogen) atoms. The van der Waals surface area contributed by atoms with E-state index in [1.165, 1.54) is 12.8 Å². The first-order valence-electron chi connectivity index (χ1n) is 4.78. The van der Waals surface area contributed by atoms with Gasteiger partial charge in [0.1, 0.15) is 0 Å². The minimum atomic E-state index is 0.267. The second-order valence-corrected chi connectivity index (χ2v) is 5.19. The van der Waals surface area contributed by atoms with Gasteiger partial charge in [-0.25, -0.2) is 0 Å². The highest BCUT2D eigenvalue weighted by atomic mass is 15.0. The molecule has 1 N–H and O–H groups in total. The maximum Gasteiger partial charge on any atom is 0.0167 e. The Labute approximate surface area is 76.2 Å². The summed E-state index contributed by atoms with van der Waals surface area (Å²) in [5.41, 5.74) is 2.12. The molecule has 0 aromatic carbocycles. The Morgan fingerprint density at radius 3 is 1.83 bits per heavy atom. The van der Waals surface area contributed by atoms with E-state index in [0.717, 1.165) is 0 Å². The van der Waals surface area contributed by atoms with Gasteiger partial charge < -0.3 is 5.32 Å². The van der Waals surface area contributed by atoms with Crippen molar-refractivity contribution in [2.75, 3.05) is 0 Å². The Balaban J connectivity index is 2.80. The van der Waals surface area contributed by atoms with E-state index in [9.17, 15) is 0 Å². The van der Waals surface area contributed by atoms with Gasteiger partial charge in [0.2, 0.25) is 0 Å². The van der Waals surface area contributed by atoms with E-state index in [1.807, 2.05) is 0 Å². The third-order valence-electron chi connectivity index (χ3n) is 2.42. The van der Waals surface area contributed by atoms with Crippen molar-refractivity contribution in [1.29, 1.82) is 0 Å². The summed E-state index contributed by atoms with van der Waals surface area (Å²) >= 11 is 0. The van der Waals surface area contributed by atoms with Gasteiger partial charge in [-0.05, 0) is 47.5 Å². The number of nitrogens with one attached hydrogen (secondary N) is 1. The topological polar surface area (TPSA) is 12.0 Å². The predicted octanol–water partition coefficient (Wildman–Crippen LogP) is 2.87. The Bertz CT molecular complexity index is 181. The highest BCUT2D eigenvalue weighted by molar-refractivity contribution is 5.15. The van der Waals surface area contributed by atoms with Gasteiger partial charge in [0, 0.05) is 11.1 Å². The molecule has 1 nitrogen and oxygen atoms in total. The van der Waals surface area contributed by atoms with E-state index in [0.29, 0.717) is 0 Å². The third-order valence-corrected chi connectivity index (χ3v) is 2.42. The van der Waals surface area contributed by atoms with E-state index in [2.05, 4.69) is 46.0 Å². The molecule has 1 heterocycles. The quantitative estimate of drug-likeness (QED) is 0.547. The number of hydrogen-bond acceptors (Lipinski definition) is 1. The average Bonchev–Trinajstić information content (AvgIpc) is 1.80. The standard InChI is InChI=1S/C11H21N/c1-6-9-7-10(2,3)12-11(4,5)8-9/h6,12H,7-8H2,1-5H3. The Hall–Kier alpha value is -0.300. The summed E-state index contributed by atoms with van der Waals surface area (Å²) in [6, 6.07) is 0. The molecule has 0 unspecified atom stereocenters. The maximum atomic E-state index is 3.66. The lowest BCUT2D eigenvalue weighted by Crippen LogP contribution is -2.55. The van der Waals surface area contributed by atoms with E-state index < -0.39 is 0 Å². The molecule has 70 valence electrons. The Morgan fingerprint density at radius 2 is 1.50 bits per heavy atom. The fourth-order valence-corrected chi connectivity index (χ4v) is 2.41. The maximum absolute atomic E-state index is 3.66. The summed E-state index contributed by atoms with van der Waals surface area (Å²) in [5.74, 6) is 0. The molecule has 0 atom stereocenters. The summed E-state index contributed by atoms with van der Waals surface area (Å²) in [5, 5.41) is 3.66. The van der Waals surface area contributed by atoms with E-state index in [-0.39, 0.29) is 11.1 Å². The molecule has 0 bridgehead atoms. The second kappa shape index (κ2) is 2.88. The van der Waals surface area contributed by atoms with Crippen molar-refractivity contribution in [3.63, 3.8) is 0 Å². The van der Waals surface area contributed by atoms with Gasteiger partial charge in [0.05, 0.1) is 0 Å². The monoisotopic (exact) mass is 167 g/mol. The molecule has 1 aliphatic heterocycles. The molecule has 1 heteroatoms. The first kappa shape index (κ1) is 9.79. The first-order valence-corrected chi connectivity index (χ1v) is 4.78. The smallest absolute Gasteiger partial charge is 0.0167 e. The van der Waals surface area contributed by atoms with Crippen LogP contribution in [0, 0.1) is 0 Å². The molecule has 1 fully saturated rings. The fourth-order valence-electron chi connectivity index (χ4n) is 2.41. The first-order chi connectivity index (χ1) is 5.35. The Kier molecular flexibility index (Phi) is 2.35. The van der Waals surface area contributed by atoms with Crippen LogP contribution in [-0.4, -0.2) is 11.1 Å². The molecule has 0 spiro atoms. The van der Waals surface area contributed by atoms with Crippen LogP contribution < -0.4 is 5.32 Å². The molecular formula is C11H21N. The molecule has 1 saturated heterocycles. The zero-order chi connectivity index (χ0) is 9.41. The van der Waals surface area contributed by atoms with Crippen LogP contribution in [0.25, 0.3) is 0 Å². The molecular weight excluding hydrogens is 146 g/mol. The largest absolute Gasteiger partial charge is 0.306 e. The van der Waals surface area contributed by atoms with Crippen molar-refractivity contribution >= 4 is 0 Å². The number of allylic oxidation sites excluding steroid dienone is 1. The van der Waals surface area contributed by atoms with Crippen molar-refractivity contribution in [2.45, 2.75) is 58.5 Å². The van der Waals surface area contributed by atoms with Crippen LogP contribution in [0.1, 0.15) is 47.5 Å². The van der Waals surface area contributed by atoms with Crippen LogP contribution in [0.2, 0.25) is 0 Å². The molecule has 0 saturated carbocycles. The zero-order valence-electron chi connectivity index (χ0n) is 8.99.